The van der Waals surface area contributed by atoms with Gasteiger partial charge in [-0.15, -0.1) is 0 Å². The SMILES string of the molecule is Cc1cc(C(=O)c2ccccc2)c(C)cc1OCCO. The zero-order valence-corrected chi connectivity index (χ0v) is 11.7. The Bertz CT molecular complexity index is 603. The maximum absolute atomic E-state index is 12.5. The van der Waals surface area contributed by atoms with Gasteiger partial charge in [-0.2, -0.15) is 0 Å². The molecule has 0 radical (unpaired) electrons. The summed E-state index contributed by atoms with van der Waals surface area (Å²) in [5.41, 5.74) is 3.13. The minimum absolute atomic E-state index is 0.0138. The lowest BCUT2D eigenvalue weighted by Crippen LogP contribution is -2.07. The lowest BCUT2D eigenvalue weighted by molar-refractivity contribution is 0.103. The van der Waals surface area contributed by atoms with Gasteiger partial charge in [0.05, 0.1) is 6.61 Å². The minimum atomic E-state index is -0.0246. The highest BCUT2D eigenvalue weighted by atomic mass is 16.5. The fourth-order valence-corrected chi connectivity index (χ4v) is 2.09. The van der Waals surface area contributed by atoms with E-state index in [-0.39, 0.29) is 19.0 Å². The van der Waals surface area contributed by atoms with E-state index in [0.29, 0.717) is 16.9 Å². The van der Waals surface area contributed by atoms with E-state index < -0.39 is 0 Å². The number of carbonyl (C=O) groups excluding carboxylic acids is 1. The second-order valence-corrected chi connectivity index (χ2v) is 4.70. The number of ketones is 1. The Balaban J connectivity index is 2.34. The van der Waals surface area contributed by atoms with E-state index in [1.807, 2.05) is 56.3 Å². The third-order valence-corrected chi connectivity index (χ3v) is 3.15. The van der Waals surface area contributed by atoms with E-state index in [9.17, 15) is 4.79 Å². The molecule has 0 aromatic heterocycles. The number of rotatable bonds is 5. The summed E-state index contributed by atoms with van der Waals surface area (Å²) >= 11 is 0. The van der Waals surface area contributed by atoms with E-state index in [2.05, 4.69) is 0 Å². The first-order chi connectivity index (χ1) is 9.63. The summed E-state index contributed by atoms with van der Waals surface area (Å²) in [6.45, 7) is 4.02. The summed E-state index contributed by atoms with van der Waals surface area (Å²) < 4.78 is 5.45. The number of hydrogen-bond acceptors (Lipinski definition) is 3. The molecule has 0 aliphatic rings. The average Bonchev–Trinajstić information content (AvgIpc) is 2.48. The number of aryl methyl sites for hydroxylation is 2. The molecule has 0 fully saturated rings. The molecule has 0 aliphatic heterocycles. The first-order valence-electron chi connectivity index (χ1n) is 6.58. The molecule has 20 heavy (non-hydrogen) atoms. The molecule has 0 unspecified atom stereocenters. The molecular weight excluding hydrogens is 252 g/mol. The summed E-state index contributed by atoms with van der Waals surface area (Å²) in [4.78, 5) is 12.5. The molecule has 0 aliphatic carbocycles. The Labute approximate surface area is 118 Å². The lowest BCUT2D eigenvalue weighted by Gasteiger charge is -2.12. The van der Waals surface area contributed by atoms with E-state index in [0.717, 1.165) is 11.1 Å². The Hall–Kier alpha value is -2.13. The maximum atomic E-state index is 12.5. The van der Waals surface area contributed by atoms with Gasteiger partial charge in [-0.3, -0.25) is 4.79 Å². The van der Waals surface area contributed by atoms with Crippen LogP contribution >= 0.6 is 0 Å². The van der Waals surface area contributed by atoms with Crippen LogP contribution in [0.15, 0.2) is 42.5 Å². The maximum Gasteiger partial charge on any atom is 0.193 e. The molecule has 0 heterocycles. The number of benzene rings is 2. The standard InChI is InChI=1S/C17H18O3/c1-12-11-16(20-9-8-18)13(2)10-15(12)17(19)14-6-4-3-5-7-14/h3-7,10-11,18H,8-9H2,1-2H3. The molecule has 0 amide bonds. The fourth-order valence-electron chi connectivity index (χ4n) is 2.09. The van der Waals surface area contributed by atoms with E-state index in [1.54, 1.807) is 0 Å². The Kier molecular flexibility index (Phi) is 4.53. The topological polar surface area (TPSA) is 46.5 Å². The van der Waals surface area contributed by atoms with Crippen molar-refractivity contribution < 1.29 is 14.6 Å². The Morgan fingerprint density at radius 3 is 2.45 bits per heavy atom. The average molecular weight is 270 g/mol. The van der Waals surface area contributed by atoms with Gasteiger partial charge in [0, 0.05) is 11.1 Å². The van der Waals surface area contributed by atoms with Crippen LogP contribution in [0.3, 0.4) is 0 Å². The normalized spacial score (nSPS) is 10.3. The van der Waals surface area contributed by atoms with Crippen molar-refractivity contribution in [2.24, 2.45) is 0 Å². The number of hydrogen-bond donors (Lipinski definition) is 1. The van der Waals surface area contributed by atoms with Gasteiger partial charge < -0.3 is 9.84 Å². The van der Waals surface area contributed by atoms with Gasteiger partial charge >= 0.3 is 0 Å². The number of ether oxygens (including phenoxy) is 1. The van der Waals surface area contributed by atoms with Gasteiger partial charge in [0.2, 0.25) is 0 Å². The van der Waals surface area contributed by atoms with Crippen molar-refractivity contribution in [1.82, 2.24) is 0 Å². The Morgan fingerprint density at radius 2 is 1.80 bits per heavy atom. The van der Waals surface area contributed by atoms with Gasteiger partial charge in [0.1, 0.15) is 12.4 Å². The molecule has 0 saturated carbocycles. The Morgan fingerprint density at radius 1 is 1.10 bits per heavy atom. The molecular formula is C17H18O3. The number of carbonyl (C=O) groups is 1. The van der Waals surface area contributed by atoms with Crippen LogP contribution in [0.2, 0.25) is 0 Å². The fraction of sp³-hybridized carbons (Fsp3) is 0.235. The molecule has 0 spiro atoms. The highest BCUT2D eigenvalue weighted by Crippen LogP contribution is 2.24. The van der Waals surface area contributed by atoms with Crippen molar-refractivity contribution >= 4 is 5.78 Å². The lowest BCUT2D eigenvalue weighted by atomic mass is 9.97. The van der Waals surface area contributed by atoms with Crippen LogP contribution in [0.4, 0.5) is 0 Å². The van der Waals surface area contributed by atoms with Crippen molar-refractivity contribution in [3.8, 4) is 5.75 Å². The predicted octanol–water partition coefficient (Wildman–Crippen LogP) is 2.91. The van der Waals surface area contributed by atoms with Crippen molar-refractivity contribution in [2.75, 3.05) is 13.2 Å². The quantitative estimate of drug-likeness (QED) is 0.850. The molecule has 3 heteroatoms. The summed E-state index contributed by atoms with van der Waals surface area (Å²) in [7, 11) is 0. The van der Waals surface area contributed by atoms with Crippen LogP contribution in [-0.4, -0.2) is 24.1 Å². The minimum Gasteiger partial charge on any atom is -0.491 e. The highest BCUT2D eigenvalue weighted by molar-refractivity contribution is 6.10. The van der Waals surface area contributed by atoms with Crippen molar-refractivity contribution in [1.29, 1.82) is 0 Å². The van der Waals surface area contributed by atoms with Gasteiger partial charge in [-0.25, -0.2) is 0 Å². The molecule has 2 aromatic rings. The van der Waals surface area contributed by atoms with Gasteiger partial charge in [0.25, 0.3) is 0 Å². The molecule has 1 N–H and O–H groups in total. The van der Waals surface area contributed by atoms with Crippen LogP contribution in [0.25, 0.3) is 0 Å². The summed E-state index contributed by atoms with van der Waals surface area (Å²) in [6, 6.07) is 12.9. The van der Waals surface area contributed by atoms with Gasteiger partial charge in [-0.05, 0) is 37.1 Å². The number of aliphatic hydroxyl groups excluding tert-OH is 1. The summed E-state index contributed by atoms with van der Waals surface area (Å²) in [5, 5.41) is 8.80. The van der Waals surface area contributed by atoms with E-state index >= 15 is 0 Å². The van der Waals surface area contributed by atoms with Crippen LogP contribution in [0, 0.1) is 13.8 Å². The molecule has 0 saturated heterocycles. The van der Waals surface area contributed by atoms with Crippen LogP contribution in [0.5, 0.6) is 5.75 Å². The van der Waals surface area contributed by atoms with Crippen molar-refractivity contribution in [3.63, 3.8) is 0 Å². The third kappa shape index (κ3) is 3.06. The predicted molar refractivity (Wildman–Crippen MR) is 78.4 cm³/mol. The van der Waals surface area contributed by atoms with Gasteiger partial charge in [-0.1, -0.05) is 30.3 Å². The zero-order valence-electron chi connectivity index (χ0n) is 11.7. The van der Waals surface area contributed by atoms with Crippen LogP contribution in [-0.2, 0) is 0 Å². The highest BCUT2D eigenvalue weighted by Gasteiger charge is 2.14. The number of aliphatic hydroxyl groups is 1. The second-order valence-electron chi connectivity index (χ2n) is 4.70. The smallest absolute Gasteiger partial charge is 0.193 e. The summed E-state index contributed by atoms with van der Waals surface area (Å²) in [6.07, 6.45) is 0. The zero-order chi connectivity index (χ0) is 14.5. The first-order valence-corrected chi connectivity index (χ1v) is 6.58. The second kappa shape index (κ2) is 6.35. The molecule has 2 rings (SSSR count). The van der Waals surface area contributed by atoms with Crippen LogP contribution < -0.4 is 4.74 Å². The summed E-state index contributed by atoms with van der Waals surface area (Å²) in [5.74, 6) is 0.723. The van der Waals surface area contributed by atoms with Crippen molar-refractivity contribution in [3.05, 3.63) is 64.7 Å². The van der Waals surface area contributed by atoms with Crippen molar-refractivity contribution in [2.45, 2.75) is 13.8 Å². The van der Waals surface area contributed by atoms with E-state index in [4.69, 9.17) is 9.84 Å². The molecule has 0 bridgehead atoms. The monoisotopic (exact) mass is 270 g/mol. The molecule has 0 atom stereocenters. The molecule has 2 aromatic carbocycles. The van der Waals surface area contributed by atoms with E-state index in [1.165, 1.54) is 0 Å². The largest absolute Gasteiger partial charge is 0.491 e. The molecule has 104 valence electrons. The van der Waals surface area contributed by atoms with Crippen LogP contribution in [0.1, 0.15) is 27.0 Å². The molecule has 3 nitrogen and oxygen atoms in total. The third-order valence-electron chi connectivity index (χ3n) is 3.15. The first kappa shape index (κ1) is 14.3. The van der Waals surface area contributed by atoms with Gasteiger partial charge in [0.15, 0.2) is 5.78 Å².